The highest BCUT2D eigenvalue weighted by molar-refractivity contribution is 9.10. The fraction of sp³-hybridized carbons (Fsp3) is 0.556. The summed E-state index contributed by atoms with van der Waals surface area (Å²) in [5.74, 6) is 0. The normalized spacial score (nSPS) is 18.1. The minimum Gasteiger partial charge on any atom is -0.444 e. The molecule has 0 unspecified atom stereocenters. The summed E-state index contributed by atoms with van der Waals surface area (Å²) in [4.78, 5) is 32.6. The van der Waals surface area contributed by atoms with Gasteiger partial charge in [0.25, 0.3) is 0 Å². The first-order chi connectivity index (χ1) is 27.2. The fourth-order valence-electron chi connectivity index (χ4n) is 7.54. The molecular formula is C45H62BrN5O6. The minimum absolute atomic E-state index is 0.222. The summed E-state index contributed by atoms with van der Waals surface area (Å²) in [7, 11) is 0. The molecule has 3 aromatic carbocycles. The standard InChI is InChI=1S/C18H26N2O3.C14H18BrNO2.C13H18N2O/c1-18(2,3)23-17(21)20-7-6-14-4-5-16(12-15(14)13-20)19-8-10-22-11-9-19;1-14(2,3)18-13(17)16-7-6-10-4-5-12(15)8-11(10)9-16;1-2-13(15-5-7-16-8-6-15)9-12-10-14-4-3-11(1)12/h4-5,12H,6-11,13H2,1-3H3;4-5,8H,6-7,9H2,1-3H3;1-2,9,14H,3-8,10H2. The zero-order valence-corrected chi connectivity index (χ0v) is 36.4. The summed E-state index contributed by atoms with van der Waals surface area (Å²) in [5, 5.41) is 3.43. The Bertz CT molecular complexity index is 1830. The van der Waals surface area contributed by atoms with Gasteiger partial charge in [0, 0.05) is 74.8 Å². The van der Waals surface area contributed by atoms with Gasteiger partial charge in [-0.1, -0.05) is 34.1 Å². The molecule has 5 aliphatic rings. The van der Waals surface area contributed by atoms with Crippen LogP contribution >= 0.6 is 15.9 Å². The van der Waals surface area contributed by atoms with E-state index in [-0.39, 0.29) is 12.2 Å². The maximum atomic E-state index is 12.3. The Morgan fingerprint density at radius 1 is 0.579 bits per heavy atom. The van der Waals surface area contributed by atoms with Crippen molar-refractivity contribution in [3.8, 4) is 0 Å². The summed E-state index contributed by atoms with van der Waals surface area (Å²) < 4.78 is 22.7. The van der Waals surface area contributed by atoms with Crippen LogP contribution in [0.2, 0.25) is 0 Å². The predicted octanol–water partition coefficient (Wildman–Crippen LogP) is 7.73. The van der Waals surface area contributed by atoms with Gasteiger partial charge in [0.1, 0.15) is 11.2 Å². The molecule has 1 N–H and O–H groups in total. The van der Waals surface area contributed by atoms with E-state index in [1.165, 1.54) is 51.2 Å². The summed E-state index contributed by atoms with van der Waals surface area (Å²) in [6.45, 7) is 23.4. The van der Waals surface area contributed by atoms with Crippen molar-refractivity contribution in [2.75, 3.05) is 82.0 Å². The second-order valence-electron chi connectivity index (χ2n) is 17.2. The molecule has 5 aliphatic heterocycles. The van der Waals surface area contributed by atoms with E-state index in [0.717, 1.165) is 96.1 Å². The minimum atomic E-state index is -0.451. The van der Waals surface area contributed by atoms with E-state index in [2.05, 4.69) is 79.6 Å². The third kappa shape index (κ3) is 12.6. The summed E-state index contributed by atoms with van der Waals surface area (Å²) in [6.07, 6.45) is 2.49. The van der Waals surface area contributed by atoms with Gasteiger partial charge in [-0.2, -0.15) is 0 Å². The highest BCUT2D eigenvalue weighted by atomic mass is 79.9. The quantitative estimate of drug-likeness (QED) is 0.278. The zero-order valence-electron chi connectivity index (χ0n) is 34.8. The molecular weight excluding hydrogens is 786 g/mol. The van der Waals surface area contributed by atoms with E-state index >= 15 is 0 Å². The van der Waals surface area contributed by atoms with Crippen LogP contribution in [0.15, 0.2) is 59.1 Å². The zero-order chi connectivity index (χ0) is 40.6. The Morgan fingerprint density at radius 3 is 1.51 bits per heavy atom. The van der Waals surface area contributed by atoms with E-state index in [1.54, 1.807) is 9.80 Å². The van der Waals surface area contributed by atoms with Crippen LogP contribution in [-0.2, 0) is 57.8 Å². The maximum Gasteiger partial charge on any atom is 0.410 e. The number of hydrogen-bond acceptors (Lipinski definition) is 9. The van der Waals surface area contributed by atoms with Gasteiger partial charge in [0.05, 0.1) is 26.4 Å². The third-order valence-electron chi connectivity index (χ3n) is 10.5. The predicted molar refractivity (Wildman–Crippen MR) is 229 cm³/mol. The van der Waals surface area contributed by atoms with Gasteiger partial charge >= 0.3 is 12.2 Å². The number of halogens is 1. The molecule has 5 heterocycles. The van der Waals surface area contributed by atoms with Crippen LogP contribution in [0.25, 0.3) is 0 Å². The Morgan fingerprint density at radius 2 is 1.02 bits per heavy atom. The SMILES string of the molecule is CC(C)(C)OC(=O)N1CCc2ccc(Br)cc2C1.CC(C)(C)OC(=O)N1CCc2ccc(N3CCOCC3)cc2C1.c1cc2c(cc1N1CCOCC1)CNCC2. The lowest BCUT2D eigenvalue weighted by atomic mass is 9.99. The molecule has 8 rings (SSSR count). The van der Waals surface area contributed by atoms with E-state index in [0.29, 0.717) is 13.1 Å². The highest BCUT2D eigenvalue weighted by Gasteiger charge is 2.27. The molecule has 0 atom stereocenters. The maximum absolute atomic E-state index is 12.3. The van der Waals surface area contributed by atoms with Crippen LogP contribution in [0.5, 0.6) is 0 Å². The first-order valence-corrected chi connectivity index (χ1v) is 21.3. The van der Waals surface area contributed by atoms with Crippen molar-refractivity contribution in [1.29, 1.82) is 0 Å². The van der Waals surface area contributed by atoms with Crippen LogP contribution in [0.3, 0.4) is 0 Å². The summed E-state index contributed by atoms with van der Waals surface area (Å²) >= 11 is 3.46. The van der Waals surface area contributed by atoms with E-state index < -0.39 is 11.2 Å². The number of hydrogen-bond donors (Lipinski definition) is 1. The topological polar surface area (TPSA) is 96.0 Å². The van der Waals surface area contributed by atoms with Gasteiger partial charge in [0.15, 0.2) is 0 Å². The second-order valence-corrected chi connectivity index (χ2v) is 18.2. The number of carbonyl (C=O) groups excluding carboxylic acids is 2. The number of fused-ring (bicyclic) bond motifs is 3. The molecule has 310 valence electrons. The van der Waals surface area contributed by atoms with Crippen LogP contribution in [0.1, 0.15) is 74.9 Å². The van der Waals surface area contributed by atoms with Gasteiger partial charge in [-0.15, -0.1) is 0 Å². The summed E-state index contributed by atoms with van der Waals surface area (Å²) in [5.41, 5.74) is 9.74. The Kier molecular flexibility index (Phi) is 14.5. The molecule has 0 bridgehead atoms. The Labute approximate surface area is 348 Å². The van der Waals surface area contributed by atoms with Crippen molar-refractivity contribution in [2.45, 2.75) is 91.6 Å². The molecule has 2 fully saturated rings. The van der Waals surface area contributed by atoms with Crippen molar-refractivity contribution < 1.29 is 28.5 Å². The number of ether oxygens (including phenoxy) is 4. The number of rotatable bonds is 2. The van der Waals surface area contributed by atoms with E-state index in [1.807, 2.05) is 47.6 Å². The van der Waals surface area contributed by atoms with Gasteiger partial charge in [-0.3, -0.25) is 0 Å². The largest absolute Gasteiger partial charge is 0.444 e. The van der Waals surface area contributed by atoms with Crippen LogP contribution in [0.4, 0.5) is 21.0 Å². The molecule has 57 heavy (non-hydrogen) atoms. The number of amides is 2. The van der Waals surface area contributed by atoms with Gasteiger partial charge in [0.2, 0.25) is 0 Å². The molecule has 0 spiro atoms. The second kappa shape index (κ2) is 19.3. The van der Waals surface area contributed by atoms with Gasteiger partial charge in [-0.25, -0.2) is 9.59 Å². The van der Waals surface area contributed by atoms with Crippen LogP contribution in [0, 0.1) is 0 Å². The lowest BCUT2D eigenvalue weighted by molar-refractivity contribution is 0.0214. The van der Waals surface area contributed by atoms with Gasteiger partial charge in [-0.05, 0) is 137 Å². The summed E-state index contributed by atoms with van der Waals surface area (Å²) in [6, 6.07) is 19.7. The number of benzene rings is 3. The third-order valence-corrected chi connectivity index (χ3v) is 11.0. The Balaban J connectivity index is 0.000000147. The number of nitrogens with one attached hydrogen (secondary N) is 1. The first-order valence-electron chi connectivity index (χ1n) is 20.5. The number of anilines is 2. The lowest BCUT2D eigenvalue weighted by Crippen LogP contribution is -2.40. The number of morpholine rings is 2. The van der Waals surface area contributed by atoms with Crippen LogP contribution < -0.4 is 15.1 Å². The molecule has 2 saturated heterocycles. The fourth-order valence-corrected chi connectivity index (χ4v) is 7.95. The first kappa shape index (κ1) is 42.8. The Hall–Kier alpha value is -3.84. The van der Waals surface area contributed by atoms with Crippen molar-refractivity contribution in [3.63, 3.8) is 0 Å². The molecule has 2 amide bonds. The number of carbonyl (C=O) groups is 2. The highest BCUT2D eigenvalue weighted by Crippen LogP contribution is 2.28. The average Bonchev–Trinajstić information content (AvgIpc) is 3.20. The van der Waals surface area contributed by atoms with E-state index in [9.17, 15) is 9.59 Å². The number of nitrogens with zero attached hydrogens (tertiary/aromatic N) is 4. The lowest BCUT2D eigenvalue weighted by Gasteiger charge is -2.33. The smallest absolute Gasteiger partial charge is 0.410 e. The van der Waals surface area contributed by atoms with Crippen molar-refractivity contribution in [1.82, 2.24) is 15.1 Å². The molecule has 3 aromatic rings. The molecule has 0 saturated carbocycles. The van der Waals surface area contributed by atoms with Gasteiger partial charge < -0.3 is 43.9 Å². The average molecular weight is 849 g/mol. The molecule has 12 heteroatoms. The monoisotopic (exact) mass is 847 g/mol. The molecule has 11 nitrogen and oxygen atoms in total. The molecule has 0 radical (unpaired) electrons. The van der Waals surface area contributed by atoms with Crippen molar-refractivity contribution in [2.24, 2.45) is 0 Å². The van der Waals surface area contributed by atoms with Crippen molar-refractivity contribution >= 4 is 39.5 Å². The molecule has 0 aromatic heterocycles. The van der Waals surface area contributed by atoms with Crippen LogP contribution in [-0.4, -0.2) is 105 Å². The molecule has 0 aliphatic carbocycles. The van der Waals surface area contributed by atoms with E-state index in [4.69, 9.17) is 18.9 Å². The van der Waals surface area contributed by atoms with Crippen molar-refractivity contribution in [3.05, 3.63) is 92.5 Å².